The van der Waals surface area contributed by atoms with E-state index in [4.69, 9.17) is 4.74 Å². The predicted molar refractivity (Wildman–Crippen MR) is 130 cm³/mol. The van der Waals surface area contributed by atoms with Crippen molar-refractivity contribution in [3.8, 4) is 5.69 Å². The molecule has 2 heterocycles. The van der Waals surface area contributed by atoms with E-state index < -0.39 is 0 Å². The lowest BCUT2D eigenvalue weighted by Gasteiger charge is -2.28. The number of rotatable bonds is 8. The predicted octanol–water partition coefficient (Wildman–Crippen LogP) is 3.35. The van der Waals surface area contributed by atoms with Crippen molar-refractivity contribution in [1.82, 2.24) is 20.1 Å². The third-order valence-electron chi connectivity index (χ3n) is 6.46. The number of benzene rings is 2. The van der Waals surface area contributed by atoms with E-state index in [2.05, 4.69) is 68.3 Å². The van der Waals surface area contributed by atoms with Gasteiger partial charge in [0.1, 0.15) is 0 Å². The quantitative estimate of drug-likeness (QED) is 0.517. The number of aromatic nitrogens is 3. The highest BCUT2D eigenvalue weighted by molar-refractivity contribution is 7.99. The summed E-state index contributed by atoms with van der Waals surface area (Å²) < 4.78 is 7.58. The third kappa shape index (κ3) is 4.77. The second kappa shape index (κ2) is 9.57. The number of nitrogens with one attached hydrogen (secondary N) is 1. The molecular weight excluding hydrogens is 434 g/mol. The molecule has 0 spiro atoms. The van der Waals surface area contributed by atoms with E-state index in [-0.39, 0.29) is 11.3 Å². The topological polar surface area (TPSA) is 72.3 Å². The summed E-state index contributed by atoms with van der Waals surface area (Å²) in [4.78, 5) is 14.9. The number of anilines is 1. The average Bonchev–Trinajstić information content (AvgIpc) is 3.55. The van der Waals surface area contributed by atoms with Gasteiger partial charge in [0.2, 0.25) is 11.9 Å². The van der Waals surface area contributed by atoms with Crippen LogP contribution in [0.25, 0.3) is 5.69 Å². The number of hydrogen-bond acceptors (Lipinski definition) is 6. The molecule has 1 aliphatic heterocycles. The number of carbonyl (C=O) groups is 1. The number of nitrogens with zero attached hydrogens (tertiary/aromatic N) is 4. The molecule has 1 saturated heterocycles. The molecule has 0 radical (unpaired) electrons. The van der Waals surface area contributed by atoms with Crippen molar-refractivity contribution in [2.45, 2.75) is 30.3 Å². The van der Waals surface area contributed by atoms with Gasteiger partial charge in [-0.25, -0.2) is 0 Å². The van der Waals surface area contributed by atoms with Crippen LogP contribution in [0, 0.1) is 6.92 Å². The minimum Gasteiger partial charge on any atom is -0.378 e. The van der Waals surface area contributed by atoms with Crippen molar-refractivity contribution in [2.75, 3.05) is 43.5 Å². The van der Waals surface area contributed by atoms with Crippen LogP contribution in [0.2, 0.25) is 0 Å². The van der Waals surface area contributed by atoms with Crippen LogP contribution in [0.3, 0.4) is 0 Å². The van der Waals surface area contributed by atoms with Gasteiger partial charge in [0.15, 0.2) is 5.16 Å². The van der Waals surface area contributed by atoms with E-state index in [1.54, 1.807) is 0 Å². The summed E-state index contributed by atoms with van der Waals surface area (Å²) in [5.74, 6) is 1.13. The third-order valence-corrected chi connectivity index (χ3v) is 7.39. The molecule has 8 heteroatoms. The molecule has 2 aromatic carbocycles. The Morgan fingerprint density at radius 1 is 1.06 bits per heavy atom. The molecule has 0 bridgehead atoms. The zero-order valence-electron chi connectivity index (χ0n) is 18.9. The molecule has 33 heavy (non-hydrogen) atoms. The number of hydrogen-bond donors (Lipinski definition) is 1. The van der Waals surface area contributed by atoms with Crippen LogP contribution in [-0.4, -0.2) is 59.3 Å². The summed E-state index contributed by atoms with van der Waals surface area (Å²) in [5.41, 5.74) is 3.59. The number of carbonyl (C=O) groups excluding carboxylic acids is 1. The van der Waals surface area contributed by atoms with Gasteiger partial charge >= 0.3 is 0 Å². The monoisotopic (exact) mass is 463 g/mol. The fraction of sp³-hybridized carbons (Fsp3) is 0.400. The van der Waals surface area contributed by atoms with Gasteiger partial charge in [-0.1, -0.05) is 60.3 Å². The Labute approximate surface area is 198 Å². The van der Waals surface area contributed by atoms with Crippen molar-refractivity contribution in [3.63, 3.8) is 0 Å². The minimum absolute atomic E-state index is 0.0227. The Morgan fingerprint density at radius 2 is 1.79 bits per heavy atom. The van der Waals surface area contributed by atoms with Gasteiger partial charge in [-0.3, -0.25) is 9.36 Å². The zero-order valence-corrected chi connectivity index (χ0v) is 19.7. The van der Waals surface area contributed by atoms with Crippen molar-refractivity contribution in [2.24, 2.45) is 0 Å². The van der Waals surface area contributed by atoms with Crippen molar-refractivity contribution in [3.05, 3.63) is 65.7 Å². The van der Waals surface area contributed by atoms with Gasteiger partial charge in [-0.2, -0.15) is 0 Å². The van der Waals surface area contributed by atoms with Crippen LogP contribution in [0.4, 0.5) is 5.95 Å². The lowest BCUT2D eigenvalue weighted by atomic mass is 9.96. The van der Waals surface area contributed by atoms with Gasteiger partial charge in [-0.15, -0.1) is 10.2 Å². The lowest BCUT2D eigenvalue weighted by molar-refractivity contribution is -0.118. The maximum absolute atomic E-state index is 12.7. The van der Waals surface area contributed by atoms with Crippen LogP contribution < -0.4 is 10.2 Å². The lowest BCUT2D eigenvalue weighted by Crippen LogP contribution is -2.38. The Bertz CT molecular complexity index is 1110. The summed E-state index contributed by atoms with van der Waals surface area (Å²) >= 11 is 1.43. The molecule has 172 valence electrons. The Balaban J connectivity index is 1.29. The Morgan fingerprint density at radius 3 is 2.52 bits per heavy atom. The molecule has 1 N–H and O–H groups in total. The molecule has 2 aliphatic rings. The molecule has 0 atom stereocenters. The largest absolute Gasteiger partial charge is 0.378 e. The van der Waals surface area contributed by atoms with Crippen molar-refractivity contribution >= 4 is 23.6 Å². The first kappa shape index (κ1) is 22.0. The van der Waals surface area contributed by atoms with Gasteiger partial charge in [0, 0.05) is 25.0 Å². The van der Waals surface area contributed by atoms with E-state index in [1.807, 2.05) is 18.2 Å². The molecule has 0 unspecified atom stereocenters. The molecule has 1 amide bonds. The van der Waals surface area contributed by atoms with Crippen molar-refractivity contribution < 1.29 is 9.53 Å². The number of morpholine rings is 1. The Kier molecular flexibility index (Phi) is 6.37. The fourth-order valence-corrected chi connectivity index (χ4v) is 5.08. The van der Waals surface area contributed by atoms with Crippen LogP contribution in [0.1, 0.15) is 24.0 Å². The maximum atomic E-state index is 12.7. The van der Waals surface area contributed by atoms with Crippen LogP contribution >= 0.6 is 11.8 Å². The zero-order chi connectivity index (χ0) is 22.7. The number of thioether (sulfide) groups is 1. The number of ether oxygens (including phenoxy) is 1. The van der Waals surface area contributed by atoms with Gasteiger partial charge in [0.25, 0.3) is 0 Å². The maximum Gasteiger partial charge on any atom is 0.232 e. The van der Waals surface area contributed by atoms with Crippen LogP contribution in [0.5, 0.6) is 0 Å². The second-order valence-electron chi connectivity index (χ2n) is 8.72. The van der Waals surface area contributed by atoms with Gasteiger partial charge in [0.05, 0.1) is 24.7 Å². The summed E-state index contributed by atoms with van der Waals surface area (Å²) in [6, 6.07) is 18.7. The van der Waals surface area contributed by atoms with E-state index in [0.29, 0.717) is 25.5 Å². The molecule has 2 fully saturated rings. The van der Waals surface area contributed by atoms with E-state index in [1.165, 1.54) is 17.3 Å². The summed E-state index contributed by atoms with van der Waals surface area (Å²) in [6.07, 6.45) is 2.24. The minimum atomic E-state index is 0.0227. The van der Waals surface area contributed by atoms with E-state index in [0.717, 1.165) is 48.3 Å². The van der Waals surface area contributed by atoms with E-state index >= 15 is 0 Å². The first-order valence-corrected chi connectivity index (χ1v) is 12.4. The smallest absolute Gasteiger partial charge is 0.232 e. The van der Waals surface area contributed by atoms with Crippen molar-refractivity contribution in [1.29, 1.82) is 0 Å². The number of aryl methyl sites for hydroxylation is 1. The number of para-hydroxylation sites is 1. The normalized spacial score (nSPS) is 17.1. The molecule has 1 saturated carbocycles. The van der Waals surface area contributed by atoms with Crippen LogP contribution in [0.15, 0.2) is 59.8 Å². The highest BCUT2D eigenvalue weighted by Gasteiger charge is 2.44. The first-order valence-electron chi connectivity index (χ1n) is 11.5. The molecule has 1 aromatic heterocycles. The van der Waals surface area contributed by atoms with Gasteiger partial charge < -0.3 is 15.0 Å². The molecule has 5 rings (SSSR count). The SMILES string of the molecule is Cc1ccccc1-n1c(SCC(=O)NCC2(c3ccccc3)CC2)nnc1N1CCOCC1. The summed E-state index contributed by atoms with van der Waals surface area (Å²) in [5, 5.41) is 12.8. The Hall–Kier alpha value is -2.84. The van der Waals surface area contributed by atoms with Crippen LogP contribution in [-0.2, 0) is 14.9 Å². The average molecular weight is 464 g/mol. The molecule has 7 nitrogen and oxygen atoms in total. The van der Waals surface area contributed by atoms with E-state index in [9.17, 15) is 4.79 Å². The standard InChI is InChI=1S/C25H29N5O2S/c1-19-7-5-6-10-21(19)30-23(29-13-15-32-16-14-29)27-28-24(30)33-17-22(31)26-18-25(11-12-25)20-8-3-2-4-9-20/h2-10H,11-18H2,1H3,(H,26,31). The summed E-state index contributed by atoms with van der Waals surface area (Å²) in [7, 11) is 0. The highest BCUT2D eigenvalue weighted by Crippen LogP contribution is 2.47. The molecule has 1 aliphatic carbocycles. The first-order chi connectivity index (χ1) is 16.2. The molecular formula is C25H29N5O2S. The summed E-state index contributed by atoms with van der Waals surface area (Å²) in [6.45, 7) is 5.66. The fourth-order valence-electron chi connectivity index (χ4n) is 4.31. The highest BCUT2D eigenvalue weighted by atomic mass is 32.2. The number of amides is 1. The molecule has 3 aromatic rings. The van der Waals surface area contributed by atoms with Gasteiger partial charge in [-0.05, 0) is 37.0 Å². The second-order valence-corrected chi connectivity index (χ2v) is 9.66.